The van der Waals surface area contributed by atoms with Crippen molar-refractivity contribution < 1.29 is 4.79 Å². The van der Waals surface area contributed by atoms with Crippen molar-refractivity contribution in [1.82, 2.24) is 24.6 Å². The van der Waals surface area contributed by atoms with Crippen LogP contribution in [-0.4, -0.2) is 56.7 Å². The maximum atomic E-state index is 13.9. The summed E-state index contributed by atoms with van der Waals surface area (Å²) in [6.07, 6.45) is 8.29. The zero-order valence-corrected chi connectivity index (χ0v) is 18.7. The van der Waals surface area contributed by atoms with E-state index in [-0.39, 0.29) is 11.0 Å². The lowest BCUT2D eigenvalue weighted by atomic mass is 9.46. The molecule has 31 heavy (non-hydrogen) atoms. The molecule has 164 valence electrons. The quantitative estimate of drug-likeness (QED) is 0.730. The highest BCUT2D eigenvalue weighted by atomic mass is 35.5. The summed E-state index contributed by atoms with van der Waals surface area (Å²) >= 11 is 6.07. The molecule has 7 rings (SSSR count). The Bertz CT molecular complexity index is 953. The summed E-state index contributed by atoms with van der Waals surface area (Å²) in [4.78, 5) is 22.8. The molecule has 1 aromatic heterocycles. The van der Waals surface area contributed by atoms with Gasteiger partial charge in [0.05, 0.1) is 11.0 Å². The number of piperazine rings is 1. The van der Waals surface area contributed by atoms with E-state index in [1.165, 1.54) is 12.0 Å². The van der Waals surface area contributed by atoms with Gasteiger partial charge >= 0.3 is 0 Å². The molecule has 5 aliphatic rings. The van der Waals surface area contributed by atoms with Crippen molar-refractivity contribution in [3.05, 3.63) is 47.5 Å². The normalized spacial score (nSPS) is 34.9. The van der Waals surface area contributed by atoms with Crippen molar-refractivity contribution in [2.24, 2.45) is 17.3 Å². The average molecular weight is 440 g/mol. The van der Waals surface area contributed by atoms with E-state index >= 15 is 0 Å². The number of hydrogen-bond donors (Lipinski definition) is 0. The fraction of sp³-hybridized carbons (Fsp3) is 0.625. The van der Waals surface area contributed by atoms with E-state index in [9.17, 15) is 4.79 Å². The van der Waals surface area contributed by atoms with Gasteiger partial charge in [-0.25, -0.2) is 9.67 Å². The smallest absolute Gasteiger partial charge is 0.242 e. The third kappa shape index (κ3) is 3.39. The average Bonchev–Trinajstić information content (AvgIpc) is 3.21. The number of carbonyl (C=O) groups excluding carboxylic acids is 1. The van der Waals surface area contributed by atoms with Gasteiger partial charge in [-0.1, -0.05) is 30.3 Å². The summed E-state index contributed by atoms with van der Waals surface area (Å²) in [6, 6.07) is 10.6. The minimum Gasteiger partial charge on any atom is -0.340 e. The largest absolute Gasteiger partial charge is 0.340 e. The van der Waals surface area contributed by atoms with E-state index in [4.69, 9.17) is 11.6 Å². The van der Waals surface area contributed by atoms with Gasteiger partial charge in [-0.05, 0) is 67.5 Å². The van der Waals surface area contributed by atoms with E-state index < -0.39 is 0 Å². The molecule has 1 aliphatic heterocycles. The predicted molar refractivity (Wildman–Crippen MR) is 118 cm³/mol. The highest BCUT2D eigenvalue weighted by molar-refractivity contribution is 6.28. The number of amides is 1. The summed E-state index contributed by atoms with van der Waals surface area (Å²) in [6.45, 7) is 4.55. The Hall–Kier alpha value is -1.92. The van der Waals surface area contributed by atoms with Crippen LogP contribution in [0.3, 0.4) is 0 Å². The van der Waals surface area contributed by atoms with Crippen molar-refractivity contribution in [2.75, 3.05) is 26.2 Å². The van der Waals surface area contributed by atoms with E-state index in [1.807, 2.05) is 4.68 Å². The first kappa shape index (κ1) is 19.7. The van der Waals surface area contributed by atoms with Gasteiger partial charge in [-0.15, -0.1) is 5.10 Å². The Morgan fingerprint density at radius 2 is 1.74 bits per heavy atom. The summed E-state index contributed by atoms with van der Waals surface area (Å²) in [5.74, 6) is 1.64. The first-order chi connectivity index (χ1) is 15.0. The summed E-state index contributed by atoms with van der Waals surface area (Å²) in [7, 11) is 0. The molecule has 4 bridgehead atoms. The lowest BCUT2D eigenvalue weighted by Gasteiger charge is -2.61. The summed E-state index contributed by atoms with van der Waals surface area (Å²) in [5, 5.41) is 4.80. The van der Waals surface area contributed by atoms with Crippen LogP contribution in [-0.2, 0) is 16.9 Å². The number of benzene rings is 1. The number of hydrogen-bond acceptors (Lipinski definition) is 4. The maximum absolute atomic E-state index is 13.9. The maximum Gasteiger partial charge on any atom is 0.242 e. The molecule has 4 aliphatic carbocycles. The van der Waals surface area contributed by atoms with E-state index in [2.05, 4.69) is 50.2 Å². The molecule has 0 spiro atoms. The van der Waals surface area contributed by atoms with Crippen molar-refractivity contribution >= 4 is 17.5 Å². The summed E-state index contributed by atoms with van der Waals surface area (Å²) in [5.41, 5.74) is 1.05. The van der Waals surface area contributed by atoms with Crippen LogP contribution in [0.1, 0.15) is 44.1 Å². The molecular formula is C24H30ClN5O. The van der Waals surface area contributed by atoms with Crippen LogP contribution in [0.15, 0.2) is 36.7 Å². The predicted octanol–water partition coefficient (Wildman–Crippen LogP) is 3.57. The molecule has 0 radical (unpaired) electrons. The molecule has 2 atom stereocenters. The van der Waals surface area contributed by atoms with Gasteiger partial charge in [-0.3, -0.25) is 9.69 Å². The lowest BCUT2D eigenvalue weighted by Crippen LogP contribution is -2.62. The molecule has 1 aromatic carbocycles. The number of rotatable bonds is 4. The van der Waals surface area contributed by atoms with Crippen LogP contribution < -0.4 is 0 Å². The standard InChI is InChI=1S/C24H30ClN5O/c25-22-26-17-30(27-22)24-13-19-10-20(14-24)12-23(11-19,16-24)21(31)29-8-6-28(7-9-29)15-18-4-2-1-3-5-18/h1-5,17,19-20H,6-16H2. The van der Waals surface area contributed by atoms with Crippen LogP contribution in [0, 0.1) is 17.3 Å². The highest BCUT2D eigenvalue weighted by Crippen LogP contribution is 2.64. The molecule has 2 heterocycles. The molecule has 4 saturated carbocycles. The highest BCUT2D eigenvalue weighted by Gasteiger charge is 2.62. The van der Waals surface area contributed by atoms with E-state index in [0.29, 0.717) is 23.0 Å². The monoisotopic (exact) mass is 439 g/mol. The van der Waals surface area contributed by atoms with Gasteiger partial charge in [-0.2, -0.15) is 0 Å². The van der Waals surface area contributed by atoms with Crippen molar-refractivity contribution in [1.29, 1.82) is 0 Å². The molecule has 7 heteroatoms. The molecule has 2 aromatic rings. The van der Waals surface area contributed by atoms with Gasteiger partial charge in [0, 0.05) is 32.7 Å². The fourth-order valence-corrected chi connectivity index (χ4v) is 7.62. The van der Waals surface area contributed by atoms with E-state index in [1.54, 1.807) is 6.33 Å². The number of aromatic nitrogens is 3. The molecule has 5 fully saturated rings. The second kappa shape index (κ2) is 7.31. The van der Waals surface area contributed by atoms with Gasteiger partial charge in [0.15, 0.2) is 0 Å². The van der Waals surface area contributed by atoms with Crippen molar-refractivity contribution in [3.63, 3.8) is 0 Å². The van der Waals surface area contributed by atoms with Crippen LogP contribution in [0.5, 0.6) is 0 Å². The fourth-order valence-electron chi connectivity index (χ4n) is 7.49. The van der Waals surface area contributed by atoms with Gasteiger partial charge < -0.3 is 4.90 Å². The first-order valence-corrected chi connectivity index (χ1v) is 12.0. The minimum atomic E-state index is -0.218. The van der Waals surface area contributed by atoms with Crippen LogP contribution >= 0.6 is 11.6 Å². The second-order valence-electron chi connectivity index (χ2n) is 10.5. The van der Waals surface area contributed by atoms with Gasteiger partial charge in [0.1, 0.15) is 6.33 Å². The van der Waals surface area contributed by atoms with Crippen LogP contribution in [0.4, 0.5) is 0 Å². The molecule has 0 N–H and O–H groups in total. The zero-order chi connectivity index (χ0) is 21.1. The lowest BCUT2D eigenvalue weighted by molar-refractivity contribution is -0.168. The second-order valence-corrected chi connectivity index (χ2v) is 10.8. The van der Waals surface area contributed by atoms with Gasteiger partial charge in [0.25, 0.3) is 0 Å². The molecule has 1 amide bonds. The third-order valence-corrected chi connectivity index (χ3v) is 8.52. The molecule has 1 saturated heterocycles. The Labute approximate surface area is 188 Å². The van der Waals surface area contributed by atoms with E-state index in [0.717, 1.165) is 64.8 Å². The molecular weight excluding hydrogens is 410 g/mol. The number of halogens is 1. The van der Waals surface area contributed by atoms with Crippen LogP contribution in [0.2, 0.25) is 5.28 Å². The zero-order valence-electron chi connectivity index (χ0n) is 17.9. The Kier molecular flexibility index (Phi) is 4.65. The Balaban J connectivity index is 1.18. The molecule has 6 nitrogen and oxygen atoms in total. The first-order valence-electron chi connectivity index (χ1n) is 11.7. The topological polar surface area (TPSA) is 54.3 Å². The SMILES string of the molecule is O=C(N1CCN(Cc2ccccc2)CC1)C12CC3CC(C1)CC(n1cnc(Cl)n1)(C3)C2. The third-order valence-electron chi connectivity index (χ3n) is 8.34. The number of carbonyl (C=O) groups is 1. The van der Waals surface area contributed by atoms with Crippen molar-refractivity contribution in [2.45, 2.75) is 50.6 Å². The van der Waals surface area contributed by atoms with Gasteiger partial charge in [0.2, 0.25) is 11.2 Å². The summed E-state index contributed by atoms with van der Waals surface area (Å²) < 4.78 is 2.01. The number of nitrogens with zero attached hydrogens (tertiary/aromatic N) is 5. The Morgan fingerprint density at radius 1 is 1.03 bits per heavy atom. The Morgan fingerprint density at radius 3 is 2.39 bits per heavy atom. The minimum absolute atomic E-state index is 0.0744. The molecule has 2 unspecified atom stereocenters. The van der Waals surface area contributed by atoms with Crippen molar-refractivity contribution in [3.8, 4) is 0 Å². The van der Waals surface area contributed by atoms with Crippen LogP contribution in [0.25, 0.3) is 0 Å².